The third-order valence-corrected chi connectivity index (χ3v) is 8.36. The monoisotopic (exact) mass is 406 g/mol. The summed E-state index contributed by atoms with van der Waals surface area (Å²) in [4.78, 5) is 26.6. The quantitative estimate of drug-likeness (QED) is 0.631. The Balaban J connectivity index is 1.79. The molecular weight excluding hydrogens is 380 g/mol. The van der Waals surface area contributed by atoms with E-state index in [0.717, 1.165) is 24.0 Å². The van der Waals surface area contributed by atoms with Crippen LogP contribution in [0.25, 0.3) is 0 Å². The van der Waals surface area contributed by atoms with Crippen molar-refractivity contribution in [1.29, 1.82) is 0 Å². The first-order valence-electron chi connectivity index (χ1n) is 10.4. The third kappa shape index (κ3) is 2.72. The zero-order chi connectivity index (χ0) is 20.4. The summed E-state index contributed by atoms with van der Waals surface area (Å²) in [5, 5.41) is 1.06. The largest absolute Gasteiger partial charge is 0.448 e. The molecule has 2 saturated heterocycles. The van der Waals surface area contributed by atoms with Crippen LogP contribution in [0.5, 0.6) is 0 Å². The highest BCUT2D eigenvalue weighted by molar-refractivity contribution is 8.01. The number of esters is 1. The average molecular weight is 407 g/mol. The second kappa shape index (κ2) is 6.46. The molecule has 5 rings (SSSR count). The molecule has 3 atom stereocenters. The van der Waals surface area contributed by atoms with Crippen LogP contribution in [0, 0.1) is 11.3 Å². The molecular formula is C25H26O3S. The lowest BCUT2D eigenvalue weighted by molar-refractivity contribution is -0.173. The van der Waals surface area contributed by atoms with E-state index >= 15 is 0 Å². The van der Waals surface area contributed by atoms with Crippen molar-refractivity contribution in [2.24, 2.45) is 11.3 Å². The lowest BCUT2D eigenvalue weighted by Crippen LogP contribution is -2.50. The third-order valence-electron chi connectivity index (χ3n) is 6.64. The van der Waals surface area contributed by atoms with Gasteiger partial charge in [0.1, 0.15) is 0 Å². The summed E-state index contributed by atoms with van der Waals surface area (Å²) in [5.74, 6) is -0.0216. The van der Waals surface area contributed by atoms with Gasteiger partial charge in [-0.25, -0.2) is 0 Å². The predicted molar refractivity (Wildman–Crippen MR) is 115 cm³/mol. The van der Waals surface area contributed by atoms with Gasteiger partial charge in [0.25, 0.3) is 0 Å². The van der Waals surface area contributed by atoms with Gasteiger partial charge in [-0.3, -0.25) is 9.59 Å². The molecule has 0 N–H and O–H groups in total. The topological polar surface area (TPSA) is 43.4 Å². The molecule has 3 unspecified atom stereocenters. The number of benzene rings is 2. The Labute approximate surface area is 176 Å². The molecule has 2 aliphatic heterocycles. The molecule has 4 heteroatoms. The maximum atomic E-state index is 13.3. The van der Waals surface area contributed by atoms with Crippen molar-refractivity contribution >= 4 is 23.5 Å². The van der Waals surface area contributed by atoms with Crippen molar-refractivity contribution in [1.82, 2.24) is 0 Å². The Hall–Kier alpha value is -2.07. The van der Waals surface area contributed by atoms with E-state index < -0.39 is 11.0 Å². The Morgan fingerprint density at radius 3 is 2.07 bits per heavy atom. The van der Waals surface area contributed by atoms with Gasteiger partial charge in [-0.1, -0.05) is 48.5 Å². The van der Waals surface area contributed by atoms with Crippen molar-refractivity contribution in [3.8, 4) is 0 Å². The van der Waals surface area contributed by atoms with Gasteiger partial charge in [0.15, 0.2) is 11.4 Å². The molecule has 3 nitrogen and oxygen atoms in total. The fourth-order valence-electron chi connectivity index (χ4n) is 5.25. The van der Waals surface area contributed by atoms with Gasteiger partial charge in [-0.05, 0) is 40.0 Å². The number of rotatable bonds is 2. The number of hydrogen-bond acceptors (Lipinski definition) is 4. The van der Waals surface area contributed by atoms with Gasteiger partial charge in [0.05, 0.1) is 5.41 Å². The molecule has 2 heterocycles. The number of ether oxygens (including phenoxy) is 1. The predicted octanol–water partition coefficient (Wildman–Crippen LogP) is 5.35. The van der Waals surface area contributed by atoms with Crippen LogP contribution in [-0.4, -0.2) is 22.3 Å². The molecule has 3 aliphatic rings. The first kappa shape index (κ1) is 18.9. The lowest BCUT2D eigenvalue weighted by Gasteiger charge is -2.46. The number of fused-ring (bicyclic) bond motifs is 4. The fraction of sp³-hybridized carbons (Fsp3) is 0.440. The summed E-state index contributed by atoms with van der Waals surface area (Å²) in [6.07, 6.45) is 3.40. The first-order chi connectivity index (χ1) is 13.8. The van der Waals surface area contributed by atoms with Gasteiger partial charge in [0.2, 0.25) is 0 Å². The molecule has 0 amide bonds. The van der Waals surface area contributed by atoms with Crippen molar-refractivity contribution in [3.05, 3.63) is 70.8 Å². The lowest BCUT2D eigenvalue weighted by atomic mass is 9.64. The van der Waals surface area contributed by atoms with Crippen LogP contribution in [-0.2, 0) is 15.1 Å². The van der Waals surface area contributed by atoms with Gasteiger partial charge in [-0.2, -0.15) is 11.8 Å². The van der Waals surface area contributed by atoms with E-state index in [1.807, 2.05) is 81.1 Å². The second-order valence-electron chi connectivity index (χ2n) is 9.51. The molecule has 29 heavy (non-hydrogen) atoms. The first-order valence-corrected chi connectivity index (χ1v) is 11.4. The van der Waals surface area contributed by atoms with Crippen LogP contribution in [0.1, 0.15) is 67.1 Å². The van der Waals surface area contributed by atoms with Crippen LogP contribution in [0.4, 0.5) is 0 Å². The molecule has 0 saturated carbocycles. The molecule has 0 spiro atoms. The number of hydrogen-bond donors (Lipinski definition) is 0. The molecule has 0 aromatic heterocycles. The van der Waals surface area contributed by atoms with Crippen molar-refractivity contribution in [2.75, 3.05) is 0 Å². The number of carbonyl (C=O) groups is 2. The Morgan fingerprint density at radius 1 is 1.00 bits per heavy atom. The van der Waals surface area contributed by atoms with Crippen LogP contribution >= 0.6 is 11.8 Å². The van der Waals surface area contributed by atoms with E-state index in [-0.39, 0.29) is 17.7 Å². The summed E-state index contributed by atoms with van der Waals surface area (Å²) in [7, 11) is 0. The van der Waals surface area contributed by atoms with Gasteiger partial charge in [0, 0.05) is 38.7 Å². The van der Waals surface area contributed by atoms with Crippen LogP contribution in [0.3, 0.4) is 0 Å². The molecule has 2 aromatic carbocycles. The average Bonchev–Trinajstić information content (AvgIpc) is 3.34. The maximum absolute atomic E-state index is 13.3. The highest BCUT2D eigenvalue weighted by atomic mass is 32.2. The smallest absolute Gasteiger partial charge is 0.312 e. The van der Waals surface area contributed by atoms with E-state index in [9.17, 15) is 9.59 Å². The van der Waals surface area contributed by atoms with Crippen molar-refractivity contribution in [2.45, 2.75) is 56.1 Å². The number of ketones is 1. The highest BCUT2D eigenvalue weighted by Crippen LogP contribution is 2.60. The fourth-order valence-corrected chi connectivity index (χ4v) is 7.10. The molecule has 2 fully saturated rings. The minimum absolute atomic E-state index is 0.0226. The molecule has 2 bridgehead atoms. The summed E-state index contributed by atoms with van der Waals surface area (Å²) in [6, 6.07) is 15.5. The van der Waals surface area contributed by atoms with E-state index in [1.54, 1.807) is 0 Å². The summed E-state index contributed by atoms with van der Waals surface area (Å²) >= 11 is 2.04. The maximum Gasteiger partial charge on any atom is 0.312 e. The van der Waals surface area contributed by atoms with Crippen molar-refractivity contribution < 1.29 is 14.3 Å². The normalized spacial score (nSPS) is 26.7. The molecule has 2 aromatic rings. The summed E-state index contributed by atoms with van der Waals surface area (Å²) < 4.78 is 6.58. The van der Waals surface area contributed by atoms with Crippen LogP contribution < -0.4 is 0 Å². The molecule has 0 radical (unpaired) electrons. The second-order valence-corrected chi connectivity index (χ2v) is 11.1. The minimum atomic E-state index is -0.904. The Kier molecular flexibility index (Phi) is 4.22. The van der Waals surface area contributed by atoms with Gasteiger partial charge < -0.3 is 4.74 Å². The van der Waals surface area contributed by atoms with Gasteiger partial charge >= 0.3 is 5.97 Å². The van der Waals surface area contributed by atoms with E-state index in [4.69, 9.17) is 4.74 Å². The summed E-state index contributed by atoms with van der Waals surface area (Å²) in [6.45, 7) is 5.68. The standard InChI is InChI=1S/C25H26O3S/c1-24(2,3)23(27)28-25(20-14-15-12-13-21(20)29-15)18-10-6-4-8-16(18)22(26)17-9-5-7-11-19(17)25/h4-11,15,20-21H,12-14H2,1-3H3. The highest BCUT2D eigenvalue weighted by Gasteiger charge is 2.59. The minimum Gasteiger partial charge on any atom is -0.448 e. The Bertz CT molecular complexity index is 954. The van der Waals surface area contributed by atoms with E-state index in [0.29, 0.717) is 21.6 Å². The van der Waals surface area contributed by atoms with E-state index in [2.05, 4.69) is 0 Å². The zero-order valence-corrected chi connectivity index (χ0v) is 17.9. The number of thioether (sulfide) groups is 1. The van der Waals surface area contributed by atoms with Crippen molar-refractivity contribution in [3.63, 3.8) is 0 Å². The van der Waals surface area contributed by atoms with Gasteiger partial charge in [-0.15, -0.1) is 0 Å². The summed E-state index contributed by atoms with van der Waals surface area (Å²) in [5.41, 5.74) is 1.53. The van der Waals surface area contributed by atoms with Crippen LogP contribution in [0.15, 0.2) is 48.5 Å². The Morgan fingerprint density at radius 2 is 1.59 bits per heavy atom. The molecule has 150 valence electrons. The number of carbonyl (C=O) groups excluding carboxylic acids is 2. The molecule has 1 aliphatic carbocycles. The van der Waals surface area contributed by atoms with E-state index in [1.165, 1.54) is 6.42 Å². The SMILES string of the molecule is CC(C)(C)C(=O)OC1(C2CC3CCC2S3)c2ccccc2C(=O)c2ccccc21. The zero-order valence-electron chi connectivity index (χ0n) is 17.1. The van der Waals surface area contributed by atoms with Crippen LogP contribution in [0.2, 0.25) is 0 Å².